The molecule has 0 spiro atoms. The molecule has 2 aromatic carbocycles. The minimum atomic E-state index is -1.16. The second-order valence-electron chi connectivity index (χ2n) is 6.55. The van der Waals surface area contributed by atoms with Gasteiger partial charge in [-0.15, -0.1) is 0 Å². The predicted molar refractivity (Wildman–Crippen MR) is 99.7 cm³/mol. The summed E-state index contributed by atoms with van der Waals surface area (Å²) < 4.78 is 10.9. The van der Waals surface area contributed by atoms with Crippen LogP contribution in [0.25, 0.3) is 0 Å². The van der Waals surface area contributed by atoms with Crippen molar-refractivity contribution < 1.29 is 19.4 Å². The van der Waals surface area contributed by atoms with Gasteiger partial charge >= 0.3 is 0 Å². The second kappa shape index (κ2) is 8.23. The van der Waals surface area contributed by atoms with Crippen molar-refractivity contribution >= 4 is 5.91 Å². The van der Waals surface area contributed by atoms with Gasteiger partial charge in [-0.25, -0.2) is 0 Å². The largest absolute Gasteiger partial charge is 0.497 e. The van der Waals surface area contributed by atoms with E-state index in [4.69, 9.17) is 9.47 Å². The van der Waals surface area contributed by atoms with E-state index in [1.54, 1.807) is 12.0 Å². The van der Waals surface area contributed by atoms with Crippen LogP contribution in [0.15, 0.2) is 42.5 Å². The quantitative estimate of drug-likeness (QED) is 0.895. The predicted octanol–water partition coefficient (Wildman–Crippen LogP) is 2.37. The molecule has 0 bridgehead atoms. The summed E-state index contributed by atoms with van der Waals surface area (Å²) in [7, 11) is 1.65. The number of aliphatic hydroxyl groups excluding tert-OH is 1. The summed E-state index contributed by atoms with van der Waals surface area (Å²) in [6.45, 7) is 3.07. The van der Waals surface area contributed by atoms with Crippen molar-refractivity contribution in [3.05, 3.63) is 59.2 Å². The third-order valence-corrected chi connectivity index (χ3v) is 4.80. The maximum absolute atomic E-state index is 12.6. The highest BCUT2D eigenvalue weighted by atomic mass is 16.5. The highest BCUT2D eigenvalue weighted by molar-refractivity contribution is 5.81. The Bertz CT molecular complexity index is 774. The van der Waals surface area contributed by atoms with Crippen LogP contribution in [0.4, 0.5) is 0 Å². The van der Waals surface area contributed by atoms with E-state index in [1.807, 2.05) is 43.3 Å². The molecule has 3 rings (SSSR count). The van der Waals surface area contributed by atoms with Crippen LogP contribution < -0.4 is 9.47 Å². The lowest BCUT2D eigenvalue weighted by Gasteiger charge is -2.23. The molecule has 0 radical (unpaired) electrons. The van der Waals surface area contributed by atoms with Crippen molar-refractivity contribution in [2.45, 2.75) is 25.9 Å². The van der Waals surface area contributed by atoms with E-state index in [1.165, 1.54) is 11.1 Å². The van der Waals surface area contributed by atoms with E-state index in [0.717, 1.165) is 24.2 Å². The Morgan fingerprint density at radius 3 is 2.62 bits per heavy atom. The fourth-order valence-corrected chi connectivity index (χ4v) is 3.22. The Hall–Kier alpha value is -2.53. The Kier molecular flexibility index (Phi) is 5.78. The van der Waals surface area contributed by atoms with Gasteiger partial charge in [0, 0.05) is 13.1 Å². The average molecular weight is 355 g/mol. The van der Waals surface area contributed by atoms with E-state index in [2.05, 4.69) is 6.07 Å². The number of fused-ring (bicyclic) bond motifs is 1. The van der Waals surface area contributed by atoms with Gasteiger partial charge in [-0.3, -0.25) is 4.79 Å². The summed E-state index contributed by atoms with van der Waals surface area (Å²) in [5, 5.41) is 10.3. The van der Waals surface area contributed by atoms with Gasteiger partial charge in [0.15, 0.2) is 6.10 Å². The van der Waals surface area contributed by atoms with Crippen molar-refractivity contribution in [2.24, 2.45) is 0 Å². The molecule has 26 heavy (non-hydrogen) atoms. The number of ether oxygens (including phenoxy) is 2. The molecule has 1 aliphatic heterocycles. The van der Waals surface area contributed by atoms with Gasteiger partial charge in [-0.2, -0.15) is 0 Å². The van der Waals surface area contributed by atoms with Gasteiger partial charge < -0.3 is 19.5 Å². The summed E-state index contributed by atoms with van der Waals surface area (Å²) in [5.41, 5.74) is 3.41. The maximum atomic E-state index is 12.6. The van der Waals surface area contributed by atoms with Crippen LogP contribution in [0.5, 0.6) is 11.5 Å². The molecule has 0 unspecified atom stereocenters. The number of aliphatic hydroxyl groups is 1. The zero-order valence-electron chi connectivity index (χ0n) is 15.3. The van der Waals surface area contributed by atoms with E-state index in [0.29, 0.717) is 18.8 Å². The van der Waals surface area contributed by atoms with Gasteiger partial charge in [0.25, 0.3) is 5.91 Å². The maximum Gasteiger partial charge on any atom is 0.254 e. The minimum Gasteiger partial charge on any atom is -0.497 e. The van der Waals surface area contributed by atoms with E-state index >= 15 is 0 Å². The lowest BCUT2D eigenvalue weighted by Crippen LogP contribution is -2.43. The number of nitrogens with zero attached hydrogens (tertiary/aromatic N) is 1. The molecule has 1 aliphatic rings. The van der Waals surface area contributed by atoms with Crippen molar-refractivity contribution in [1.82, 2.24) is 4.90 Å². The van der Waals surface area contributed by atoms with Crippen LogP contribution in [-0.2, 0) is 17.6 Å². The standard InChI is InChI=1S/C21H25NO4/c1-15-5-3-4-6-20(15)26-14-19(23)21(24)22-11-9-16-7-8-18(25-2)13-17(16)10-12-22/h3-8,13,19,23H,9-12,14H2,1-2H3/t19-/m1/s1. The van der Waals surface area contributed by atoms with E-state index < -0.39 is 6.10 Å². The molecule has 2 aromatic rings. The second-order valence-corrected chi connectivity index (χ2v) is 6.55. The lowest BCUT2D eigenvalue weighted by atomic mass is 10.0. The molecule has 1 heterocycles. The Labute approximate surface area is 154 Å². The van der Waals surface area contributed by atoms with Gasteiger partial charge in [-0.1, -0.05) is 24.3 Å². The number of benzene rings is 2. The van der Waals surface area contributed by atoms with Gasteiger partial charge in [0.05, 0.1) is 7.11 Å². The molecule has 0 aromatic heterocycles. The zero-order chi connectivity index (χ0) is 18.5. The number of para-hydroxylation sites is 1. The van der Waals surface area contributed by atoms with Crippen LogP contribution in [0.2, 0.25) is 0 Å². The van der Waals surface area contributed by atoms with Crippen molar-refractivity contribution in [2.75, 3.05) is 26.8 Å². The molecule has 1 amide bonds. The van der Waals surface area contributed by atoms with E-state index in [-0.39, 0.29) is 12.5 Å². The number of rotatable bonds is 5. The Balaban J connectivity index is 1.59. The number of methoxy groups -OCH3 is 1. The molecule has 1 atom stereocenters. The molecule has 0 aliphatic carbocycles. The monoisotopic (exact) mass is 355 g/mol. The average Bonchev–Trinajstić information content (AvgIpc) is 2.88. The first-order valence-electron chi connectivity index (χ1n) is 8.89. The first-order chi connectivity index (χ1) is 12.6. The van der Waals surface area contributed by atoms with Crippen LogP contribution in [0.1, 0.15) is 16.7 Å². The summed E-state index contributed by atoms with van der Waals surface area (Å²) >= 11 is 0. The topological polar surface area (TPSA) is 59.0 Å². The Morgan fingerprint density at radius 2 is 1.88 bits per heavy atom. The summed E-state index contributed by atoms with van der Waals surface area (Å²) in [6.07, 6.45) is 0.366. The molecule has 138 valence electrons. The third-order valence-electron chi connectivity index (χ3n) is 4.80. The van der Waals surface area contributed by atoms with Gasteiger partial charge in [0.1, 0.15) is 18.1 Å². The minimum absolute atomic E-state index is 0.0407. The Morgan fingerprint density at radius 1 is 1.15 bits per heavy atom. The molecular formula is C21H25NO4. The summed E-state index contributed by atoms with van der Waals surface area (Å²) in [6, 6.07) is 13.6. The van der Waals surface area contributed by atoms with Gasteiger partial charge in [0.2, 0.25) is 0 Å². The first-order valence-corrected chi connectivity index (χ1v) is 8.89. The highest BCUT2D eigenvalue weighted by Crippen LogP contribution is 2.22. The molecule has 5 heteroatoms. The summed E-state index contributed by atoms with van der Waals surface area (Å²) in [5.74, 6) is 1.24. The molecule has 5 nitrogen and oxygen atoms in total. The number of amides is 1. The summed E-state index contributed by atoms with van der Waals surface area (Å²) in [4.78, 5) is 14.3. The fraction of sp³-hybridized carbons (Fsp3) is 0.381. The number of carbonyl (C=O) groups is 1. The SMILES string of the molecule is COc1ccc2c(c1)CCN(C(=O)[C@H](O)COc1ccccc1C)CC2. The van der Waals surface area contributed by atoms with Gasteiger partial charge in [-0.05, 0) is 54.7 Å². The number of hydrogen-bond acceptors (Lipinski definition) is 4. The van der Waals surface area contributed by atoms with Crippen molar-refractivity contribution in [1.29, 1.82) is 0 Å². The van der Waals surface area contributed by atoms with Crippen molar-refractivity contribution in [3.8, 4) is 11.5 Å². The number of aryl methyl sites for hydroxylation is 1. The molecule has 1 N–H and O–H groups in total. The molecule has 0 fully saturated rings. The zero-order valence-corrected chi connectivity index (χ0v) is 15.3. The number of carbonyl (C=O) groups excluding carboxylic acids is 1. The first kappa shape index (κ1) is 18.3. The van der Waals surface area contributed by atoms with Crippen molar-refractivity contribution in [3.63, 3.8) is 0 Å². The van der Waals surface area contributed by atoms with E-state index in [9.17, 15) is 9.90 Å². The number of hydrogen-bond donors (Lipinski definition) is 1. The highest BCUT2D eigenvalue weighted by Gasteiger charge is 2.25. The molecule has 0 saturated heterocycles. The fourth-order valence-electron chi connectivity index (χ4n) is 3.22. The van der Waals surface area contributed by atoms with Crippen LogP contribution in [0, 0.1) is 6.92 Å². The van der Waals surface area contributed by atoms with Crippen LogP contribution in [-0.4, -0.2) is 48.8 Å². The van der Waals surface area contributed by atoms with Crippen LogP contribution in [0.3, 0.4) is 0 Å². The third kappa shape index (κ3) is 4.17. The van der Waals surface area contributed by atoms with Crippen LogP contribution >= 0.6 is 0 Å². The lowest BCUT2D eigenvalue weighted by molar-refractivity contribution is -0.141. The molecular weight excluding hydrogens is 330 g/mol. The smallest absolute Gasteiger partial charge is 0.254 e. The molecule has 0 saturated carbocycles. The normalized spacial score (nSPS) is 15.0.